The Bertz CT molecular complexity index is 189. The van der Waals surface area contributed by atoms with Crippen molar-refractivity contribution in [3.05, 3.63) is 0 Å². The number of hydrogen-bond acceptors (Lipinski definition) is 2. The summed E-state index contributed by atoms with van der Waals surface area (Å²) in [5, 5.41) is 0. The maximum atomic E-state index is 11.3. The Morgan fingerprint density at radius 2 is 2.21 bits per heavy atom. The minimum atomic E-state index is 0.456. The van der Waals surface area contributed by atoms with E-state index < -0.39 is 0 Å². The van der Waals surface area contributed by atoms with Crippen LogP contribution in [-0.2, 0) is 4.79 Å². The molecule has 1 aliphatic carbocycles. The molecule has 1 unspecified atom stereocenters. The van der Waals surface area contributed by atoms with Crippen molar-refractivity contribution < 1.29 is 4.79 Å². The summed E-state index contributed by atoms with van der Waals surface area (Å²) >= 11 is 0. The van der Waals surface area contributed by atoms with Gasteiger partial charge < -0.3 is 4.90 Å². The smallest absolute Gasteiger partial charge is 0.134 e. The molecule has 14 heavy (non-hydrogen) atoms. The van der Waals surface area contributed by atoms with Gasteiger partial charge in [-0.1, -0.05) is 13.8 Å². The molecule has 0 spiro atoms. The predicted octanol–water partition coefficient (Wildman–Crippen LogP) is 2.48. The van der Waals surface area contributed by atoms with Crippen molar-refractivity contribution in [2.45, 2.75) is 52.0 Å². The van der Waals surface area contributed by atoms with Crippen LogP contribution in [0.4, 0.5) is 0 Å². The zero-order valence-corrected chi connectivity index (χ0v) is 9.75. The van der Waals surface area contributed by atoms with E-state index in [1.807, 2.05) is 0 Å². The minimum absolute atomic E-state index is 0.456. The first kappa shape index (κ1) is 11.7. The lowest BCUT2D eigenvalue weighted by Gasteiger charge is -2.30. The molecule has 1 fully saturated rings. The average molecular weight is 197 g/mol. The third-order valence-electron chi connectivity index (χ3n) is 3.14. The molecule has 0 saturated heterocycles. The van der Waals surface area contributed by atoms with Crippen LogP contribution in [-0.4, -0.2) is 30.3 Å². The second-order valence-corrected chi connectivity index (χ2v) is 4.95. The summed E-state index contributed by atoms with van der Waals surface area (Å²) in [4.78, 5) is 13.7. The van der Waals surface area contributed by atoms with E-state index in [-0.39, 0.29) is 0 Å². The Balaban J connectivity index is 2.28. The highest BCUT2D eigenvalue weighted by Gasteiger charge is 2.22. The van der Waals surface area contributed by atoms with Crippen LogP contribution in [0.5, 0.6) is 0 Å². The van der Waals surface area contributed by atoms with Crippen LogP contribution in [0.3, 0.4) is 0 Å². The molecule has 0 N–H and O–H groups in total. The van der Waals surface area contributed by atoms with Crippen LogP contribution >= 0.6 is 0 Å². The summed E-state index contributed by atoms with van der Waals surface area (Å²) in [6, 6.07) is 0.523. The number of nitrogens with zero attached hydrogens (tertiary/aromatic N) is 1. The van der Waals surface area contributed by atoms with Gasteiger partial charge in [-0.2, -0.15) is 0 Å². The van der Waals surface area contributed by atoms with Crippen molar-refractivity contribution in [2.75, 3.05) is 13.6 Å². The highest BCUT2D eigenvalue weighted by molar-refractivity contribution is 5.79. The van der Waals surface area contributed by atoms with Gasteiger partial charge in [0, 0.05) is 18.9 Å². The van der Waals surface area contributed by atoms with Crippen LogP contribution in [0.15, 0.2) is 0 Å². The largest absolute Gasteiger partial charge is 0.303 e. The molecule has 0 aromatic heterocycles. The van der Waals surface area contributed by atoms with Crippen molar-refractivity contribution >= 4 is 5.78 Å². The zero-order chi connectivity index (χ0) is 10.6. The van der Waals surface area contributed by atoms with E-state index >= 15 is 0 Å². The number of carbonyl (C=O) groups excluding carboxylic acids is 1. The lowest BCUT2D eigenvalue weighted by atomic mass is 9.93. The van der Waals surface area contributed by atoms with E-state index in [1.165, 1.54) is 12.8 Å². The molecule has 1 aliphatic rings. The third kappa shape index (κ3) is 3.79. The topological polar surface area (TPSA) is 20.3 Å². The van der Waals surface area contributed by atoms with Gasteiger partial charge in [-0.25, -0.2) is 0 Å². The van der Waals surface area contributed by atoms with E-state index in [0.29, 0.717) is 11.8 Å². The van der Waals surface area contributed by atoms with Crippen LogP contribution in [0.1, 0.15) is 46.0 Å². The van der Waals surface area contributed by atoms with Gasteiger partial charge >= 0.3 is 0 Å². The fraction of sp³-hybridized carbons (Fsp3) is 0.917. The number of carbonyl (C=O) groups is 1. The van der Waals surface area contributed by atoms with E-state index in [0.717, 1.165) is 31.7 Å². The lowest BCUT2D eigenvalue weighted by molar-refractivity contribution is -0.121. The molecule has 0 aliphatic heterocycles. The van der Waals surface area contributed by atoms with E-state index in [4.69, 9.17) is 0 Å². The van der Waals surface area contributed by atoms with Crippen LogP contribution in [0, 0.1) is 5.92 Å². The fourth-order valence-electron chi connectivity index (χ4n) is 2.02. The Labute approximate surface area is 87.7 Å². The monoisotopic (exact) mass is 197 g/mol. The van der Waals surface area contributed by atoms with E-state index in [2.05, 4.69) is 25.8 Å². The molecule has 1 rings (SSSR count). The molecule has 2 nitrogen and oxygen atoms in total. The maximum absolute atomic E-state index is 11.3. The summed E-state index contributed by atoms with van der Waals surface area (Å²) in [7, 11) is 2.16. The molecule has 2 heteroatoms. The SMILES string of the molecule is CC(C)CCN(C)C1CCCC(=O)C1. The summed E-state index contributed by atoms with van der Waals surface area (Å²) in [5.74, 6) is 1.22. The lowest BCUT2D eigenvalue weighted by Crippen LogP contribution is -2.37. The third-order valence-corrected chi connectivity index (χ3v) is 3.14. The van der Waals surface area contributed by atoms with Gasteiger partial charge in [0.2, 0.25) is 0 Å². The molecule has 0 bridgehead atoms. The van der Waals surface area contributed by atoms with Crippen molar-refractivity contribution in [3.8, 4) is 0 Å². The van der Waals surface area contributed by atoms with Gasteiger partial charge in [-0.3, -0.25) is 4.79 Å². The van der Waals surface area contributed by atoms with Gasteiger partial charge in [0.25, 0.3) is 0 Å². The maximum Gasteiger partial charge on any atom is 0.134 e. The Morgan fingerprint density at radius 1 is 1.50 bits per heavy atom. The van der Waals surface area contributed by atoms with E-state index in [1.54, 1.807) is 0 Å². The fourth-order valence-corrected chi connectivity index (χ4v) is 2.02. The van der Waals surface area contributed by atoms with Crippen LogP contribution < -0.4 is 0 Å². The van der Waals surface area contributed by atoms with Crippen LogP contribution in [0.25, 0.3) is 0 Å². The van der Waals surface area contributed by atoms with Gasteiger partial charge in [0.1, 0.15) is 5.78 Å². The van der Waals surface area contributed by atoms with Crippen molar-refractivity contribution in [2.24, 2.45) is 5.92 Å². The summed E-state index contributed by atoms with van der Waals surface area (Å²) < 4.78 is 0. The van der Waals surface area contributed by atoms with Crippen molar-refractivity contribution in [3.63, 3.8) is 0 Å². The second kappa shape index (κ2) is 5.50. The Hall–Kier alpha value is -0.370. The molecular weight excluding hydrogens is 174 g/mol. The summed E-state index contributed by atoms with van der Waals surface area (Å²) in [6.07, 6.45) is 5.14. The average Bonchev–Trinajstić information content (AvgIpc) is 2.14. The van der Waals surface area contributed by atoms with Gasteiger partial charge in [0.15, 0.2) is 0 Å². The first-order valence-corrected chi connectivity index (χ1v) is 5.81. The zero-order valence-electron chi connectivity index (χ0n) is 9.75. The highest BCUT2D eigenvalue weighted by Crippen LogP contribution is 2.19. The minimum Gasteiger partial charge on any atom is -0.303 e. The van der Waals surface area contributed by atoms with Gasteiger partial charge in [-0.05, 0) is 38.8 Å². The first-order valence-electron chi connectivity index (χ1n) is 5.81. The molecule has 82 valence electrons. The van der Waals surface area contributed by atoms with Gasteiger partial charge in [-0.15, -0.1) is 0 Å². The number of Topliss-reactive ketones (excluding diaryl/α,β-unsaturated/α-hetero) is 1. The summed E-state index contributed by atoms with van der Waals surface area (Å²) in [6.45, 7) is 5.63. The van der Waals surface area contributed by atoms with Crippen molar-refractivity contribution in [1.82, 2.24) is 4.90 Å². The highest BCUT2D eigenvalue weighted by atomic mass is 16.1. The summed E-state index contributed by atoms with van der Waals surface area (Å²) in [5.41, 5.74) is 0. The molecular formula is C12H23NO. The number of rotatable bonds is 4. The molecule has 1 atom stereocenters. The molecule has 0 radical (unpaired) electrons. The quantitative estimate of drug-likeness (QED) is 0.690. The van der Waals surface area contributed by atoms with Crippen molar-refractivity contribution in [1.29, 1.82) is 0 Å². The molecule has 0 aromatic rings. The number of hydrogen-bond donors (Lipinski definition) is 0. The second-order valence-electron chi connectivity index (χ2n) is 4.95. The molecule has 1 saturated carbocycles. The normalized spacial score (nSPS) is 23.5. The molecule has 0 aromatic carbocycles. The Morgan fingerprint density at radius 3 is 2.79 bits per heavy atom. The number of ketones is 1. The first-order chi connectivity index (χ1) is 6.59. The van der Waals surface area contributed by atoms with Crippen LogP contribution in [0.2, 0.25) is 0 Å². The predicted molar refractivity (Wildman–Crippen MR) is 59.3 cm³/mol. The van der Waals surface area contributed by atoms with E-state index in [9.17, 15) is 4.79 Å². The molecule has 0 amide bonds. The standard InChI is InChI=1S/C12H23NO/c1-10(2)7-8-13(3)11-5-4-6-12(14)9-11/h10-11H,4-9H2,1-3H3. The Kier molecular flexibility index (Phi) is 4.59. The molecule has 0 heterocycles. The van der Waals surface area contributed by atoms with Gasteiger partial charge in [0.05, 0.1) is 0 Å².